The van der Waals surface area contributed by atoms with Crippen LogP contribution in [0.2, 0.25) is 0 Å². The van der Waals surface area contributed by atoms with Crippen molar-refractivity contribution in [3.05, 3.63) is 39.4 Å². The minimum absolute atomic E-state index is 0.0439. The molecule has 1 fully saturated rings. The number of carbonyl (C=O) groups excluding carboxylic acids is 3. The third-order valence-electron chi connectivity index (χ3n) is 9.57. The van der Waals surface area contributed by atoms with Crippen molar-refractivity contribution >= 4 is 28.9 Å². The number of benzene rings is 1. The van der Waals surface area contributed by atoms with Crippen LogP contribution >= 0.6 is 0 Å². The van der Waals surface area contributed by atoms with Crippen LogP contribution in [0, 0.1) is 23.6 Å². The Labute approximate surface area is 249 Å². The van der Waals surface area contributed by atoms with Crippen molar-refractivity contribution in [1.82, 2.24) is 9.80 Å². The van der Waals surface area contributed by atoms with Gasteiger partial charge in [-0.25, -0.2) is 4.39 Å². The van der Waals surface area contributed by atoms with Crippen molar-refractivity contribution in [2.24, 2.45) is 23.5 Å². The Bertz CT molecular complexity index is 1470. The molecule has 5 atom stereocenters. The van der Waals surface area contributed by atoms with Crippen molar-refractivity contribution < 1.29 is 39.2 Å². The number of rotatable bonds is 6. The second kappa shape index (κ2) is 10.9. The van der Waals surface area contributed by atoms with Gasteiger partial charge in [0.2, 0.25) is 5.78 Å². The number of phenols is 1. The molecule has 1 amide bonds. The summed E-state index contributed by atoms with van der Waals surface area (Å²) in [7, 11) is 3.06. The normalized spacial score (nSPS) is 29.2. The number of nitrogens with one attached hydrogen (secondary N) is 1. The molecule has 7 N–H and O–H groups in total. The number of halogens is 1. The van der Waals surface area contributed by atoms with E-state index in [-0.39, 0.29) is 53.4 Å². The number of anilines is 1. The molecule has 0 saturated heterocycles. The van der Waals surface area contributed by atoms with Crippen molar-refractivity contribution in [3.8, 4) is 5.75 Å². The number of carbonyl (C=O) groups is 3. The number of aliphatic hydroxyl groups excluding tert-OH is 2. The van der Waals surface area contributed by atoms with Gasteiger partial charge in [0, 0.05) is 41.7 Å². The van der Waals surface area contributed by atoms with Crippen LogP contribution in [0.25, 0.3) is 5.76 Å². The number of nitrogens with two attached hydrogens (primary N) is 1. The second-order valence-electron chi connectivity index (χ2n) is 13.0. The van der Waals surface area contributed by atoms with Crippen LogP contribution in [0.15, 0.2) is 16.9 Å². The zero-order valence-corrected chi connectivity index (χ0v) is 25.2. The molecule has 1 saturated carbocycles. The minimum atomic E-state index is -2.74. The predicted octanol–water partition coefficient (Wildman–Crippen LogP) is 2.16. The Balaban J connectivity index is 1.67. The summed E-state index contributed by atoms with van der Waals surface area (Å²) in [5.74, 6) is -7.79. The number of likely N-dealkylation sites (N-methyl/N-ethyl adjacent to an activating group) is 1. The third-order valence-corrected chi connectivity index (χ3v) is 9.57. The summed E-state index contributed by atoms with van der Waals surface area (Å²) in [5, 5.41) is 49.0. The van der Waals surface area contributed by atoms with Gasteiger partial charge < -0.3 is 31.5 Å². The van der Waals surface area contributed by atoms with Crippen molar-refractivity contribution in [2.75, 3.05) is 32.5 Å². The number of Topliss-reactive ketones (excluding diaryl/α,β-unsaturated/α-hetero) is 2. The first-order valence-corrected chi connectivity index (χ1v) is 14.8. The van der Waals surface area contributed by atoms with Crippen LogP contribution in [0.4, 0.5) is 10.1 Å². The Morgan fingerprint density at radius 2 is 1.88 bits per heavy atom. The van der Waals surface area contributed by atoms with Gasteiger partial charge in [-0.2, -0.15) is 0 Å². The smallest absolute Gasteiger partial charge is 0.255 e. The average molecular weight is 601 g/mol. The highest BCUT2D eigenvalue weighted by Gasteiger charge is 2.64. The summed E-state index contributed by atoms with van der Waals surface area (Å²) in [6, 6.07) is -1.13. The third kappa shape index (κ3) is 4.53. The maximum Gasteiger partial charge on any atom is 0.255 e. The number of fused-ring (bicyclic) bond motifs is 4. The topological polar surface area (TPSA) is 177 Å². The van der Waals surface area contributed by atoms with E-state index in [1.807, 2.05) is 6.92 Å². The molecule has 0 unspecified atom stereocenters. The number of amides is 1. The predicted molar refractivity (Wildman–Crippen MR) is 157 cm³/mol. The van der Waals surface area contributed by atoms with E-state index in [0.717, 1.165) is 19.4 Å². The standard InChI is InChI=1S/C31H41FN4O7/c1-6-7-36-12-17-22(32)16-9-14-10-18-24(35(4)5)27(39)21(30(33)42)29(41)31(18,43)28(40)19(14)25(37)20(16)26(38)23(17)34-11-15(36)8-13(2)3/h13-15,18,24,34,37-38,41,43H,6-12H2,1-5H3,(H2,33,42)/t14-,15+,18-,24-,31-/m0/s1. The van der Waals surface area contributed by atoms with Crippen LogP contribution in [0.5, 0.6) is 5.75 Å². The first kappa shape index (κ1) is 31.0. The van der Waals surface area contributed by atoms with E-state index in [0.29, 0.717) is 12.5 Å². The molecule has 11 nitrogen and oxygen atoms in total. The van der Waals surface area contributed by atoms with E-state index < -0.39 is 69.6 Å². The van der Waals surface area contributed by atoms with Gasteiger partial charge in [-0.15, -0.1) is 0 Å². The number of ketones is 2. The summed E-state index contributed by atoms with van der Waals surface area (Å²) in [4.78, 5) is 43.1. The molecule has 1 aromatic rings. The maximum atomic E-state index is 16.5. The molecule has 0 spiro atoms. The summed E-state index contributed by atoms with van der Waals surface area (Å²) in [6.45, 7) is 7.69. The maximum absolute atomic E-state index is 16.5. The highest BCUT2D eigenvalue weighted by atomic mass is 19.1. The van der Waals surface area contributed by atoms with Crippen LogP contribution < -0.4 is 11.1 Å². The molecule has 4 aliphatic rings. The lowest BCUT2D eigenvalue weighted by Gasteiger charge is -2.50. The monoisotopic (exact) mass is 600 g/mol. The van der Waals surface area contributed by atoms with Gasteiger partial charge in [-0.05, 0) is 58.2 Å². The van der Waals surface area contributed by atoms with Gasteiger partial charge >= 0.3 is 0 Å². The molecule has 1 heterocycles. The molecule has 3 aliphatic carbocycles. The molecule has 43 heavy (non-hydrogen) atoms. The number of nitrogens with zero attached hydrogens (tertiary/aromatic N) is 2. The first-order valence-electron chi connectivity index (χ1n) is 14.8. The molecule has 234 valence electrons. The SMILES string of the molecule is CCCN1Cc2c(F)c3c(c(O)c2NC[C@H]1CC(C)C)C(O)=C1C(=O)[C@]2(O)C(O)=C(C(N)=O)C(=O)[C@@H](N(C)C)[C@@H]2C[C@@H]1C3. The summed E-state index contributed by atoms with van der Waals surface area (Å²) >= 11 is 0. The fourth-order valence-corrected chi connectivity index (χ4v) is 7.74. The molecule has 1 aromatic carbocycles. The molecule has 0 aromatic heterocycles. The second-order valence-corrected chi connectivity index (χ2v) is 13.0. The Hall–Kier alpha value is -3.48. The molecular weight excluding hydrogens is 559 g/mol. The van der Waals surface area contributed by atoms with Crippen LogP contribution in [-0.2, 0) is 27.3 Å². The van der Waals surface area contributed by atoms with Gasteiger partial charge in [0.1, 0.15) is 28.7 Å². The molecule has 12 heteroatoms. The average Bonchev–Trinajstić information content (AvgIpc) is 3.08. The van der Waals surface area contributed by atoms with Gasteiger partial charge in [0.05, 0.1) is 17.3 Å². The van der Waals surface area contributed by atoms with Crippen molar-refractivity contribution in [1.29, 1.82) is 0 Å². The van der Waals surface area contributed by atoms with Crippen LogP contribution in [0.3, 0.4) is 0 Å². The van der Waals surface area contributed by atoms with E-state index in [9.17, 15) is 34.8 Å². The van der Waals surface area contributed by atoms with Crippen LogP contribution in [-0.4, -0.2) is 92.6 Å². The van der Waals surface area contributed by atoms with E-state index in [4.69, 9.17) is 5.73 Å². The molecule has 0 radical (unpaired) electrons. The highest BCUT2D eigenvalue weighted by Crippen LogP contribution is 2.54. The number of aliphatic hydroxyl groups is 3. The highest BCUT2D eigenvalue weighted by molar-refractivity contribution is 6.24. The Morgan fingerprint density at radius 3 is 2.47 bits per heavy atom. The minimum Gasteiger partial charge on any atom is -0.508 e. The van der Waals surface area contributed by atoms with Gasteiger partial charge in [0.15, 0.2) is 11.4 Å². The van der Waals surface area contributed by atoms with E-state index >= 15 is 4.39 Å². The Kier molecular flexibility index (Phi) is 7.85. The number of hydrogen-bond acceptors (Lipinski definition) is 10. The van der Waals surface area contributed by atoms with Crippen molar-refractivity contribution in [2.45, 2.75) is 70.7 Å². The quantitative estimate of drug-likeness (QED) is 0.210. The van der Waals surface area contributed by atoms with Gasteiger partial charge in [-0.1, -0.05) is 20.8 Å². The summed E-state index contributed by atoms with van der Waals surface area (Å²) in [5.41, 5.74) is 1.66. The zero-order chi connectivity index (χ0) is 31.7. The number of hydrogen-bond donors (Lipinski definition) is 6. The fourth-order valence-electron chi connectivity index (χ4n) is 7.74. The van der Waals surface area contributed by atoms with E-state index in [1.165, 1.54) is 19.0 Å². The zero-order valence-electron chi connectivity index (χ0n) is 25.2. The van der Waals surface area contributed by atoms with E-state index in [1.54, 1.807) is 0 Å². The number of aromatic hydroxyl groups is 1. The first-order chi connectivity index (χ1) is 20.2. The summed E-state index contributed by atoms with van der Waals surface area (Å²) < 4.78 is 16.5. The summed E-state index contributed by atoms with van der Waals surface area (Å²) in [6.07, 6.45) is 1.52. The van der Waals surface area contributed by atoms with Crippen LogP contribution in [0.1, 0.15) is 56.7 Å². The largest absolute Gasteiger partial charge is 0.508 e. The lowest BCUT2D eigenvalue weighted by Crippen LogP contribution is -2.65. The molecule has 0 bridgehead atoms. The molecular formula is C31H41FN4O7. The van der Waals surface area contributed by atoms with Gasteiger partial charge in [0.25, 0.3) is 5.91 Å². The van der Waals surface area contributed by atoms with E-state index in [2.05, 4.69) is 24.1 Å². The fraction of sp³-hybridized carbons (Fsp3) is 0.581. The molecule has 5 rings (SSSR count). The van der Waals surface area contributed by atoms with Crippen molar-refractivity contribution in [3.63, 3.8) is 0 Å². The lowest BCUT2D eigenvalue weighted by molar-refractivity contribution is -0.153. The number of phenolic OH excluding ortho intramolecular Hbond substituents is 1. The number of primary amides is 1. The Morgan fingerprint density at radius 1 is 1.21 bits per heavy atom. The van der Waals surface area contributed by atoms with Gasteiger partial charge in [-0.3, -0.25) is 24.2 Å². The lowest BCUT2D eigenvalue weighted by atomic mass is 9.57. The molecule has 1 aliphatic heterocycles.